The highest BCUT2D eigenvalue weighted by atomic mass is 35.5. The first-order valence-electron chi connectivity index (χ1n) is 6.92. The predicted octanol–water partition coefficient (Wildman–Crippen LogP) is 4.09. The van der Waals surface area contributed by atoms with Crippen LogP contribution < -0.4 is 14.8 Å². The zero-order valence-corrected chi connectivity index (χ0v) is 13.4. The van der Waals surface area contributed by atoms with Crippen molar-refractivity contribution in [3.8, 4) is 11.5 Å². The molecule has 2 N–H and O–H groups in total. The number of ether oxygens (including phenoxy) is 2. The standard InChI is InChI=1S/C17H15ClN2O3/c1-22-15-6-5-12(9-16(15)23-2)19-17(21)14-7-10-3-4-11(18)8-13(10)20-14/h3-9,20H,1-2H3,(H,19,21). The minimum atomic E-state index is -0.246. The minimum Gasteiger partial charge on any atom is -0.493 e. The molecule has 0 aliphatic heterocycles. The van der Waals surface area contributed by atoms with E-state index in [0.29, 0.717) is 27.9 Å². The summed E-state index contributed by atoms with van der Waals surface area (Å²) < 4.78 is 10.4. The molecule has 0 fully saturated rings. The largest absolute Gasteiger partial charge is 0.493 e. The summed E-state index contributed by atoms with van der Waals surface area (Å²) in [5.74, 6) is 0.907. The second-order valence-electron chi connectivity index (χ2n) is 4.94. The number of rotatable bonds is 4. The molecule has 0 bridgehead atoms. The Morgan fingerprint density at radius 2 is 1.83 bits per heavy atom. The van der Waals surface area contributed by atoms with Gasteiger partial charge in [-0.15, -0.1) is 0 Å². The topological polar surface area (TPSA) is 63.3 Å². The van der Waals surface area contributed by atoms with Gasteiger partial charge in [-0.3, -0.25) is 4.79 Å². The molecule has 5 nitrogen and oxygen atoms in total. The summed E-state index contributed by atoms with van der Waals surface area (Å²) in [5.41, 5.74) is 1.89. The van der Waals surface area contributed by atoms with Gasteiger partial charge in [0, 0.05) is 27.7 Å². The van der Waals surface area contributed by atoms with E-state index in [1.165, 1.54) is 0 Å². The fourth-order valence-corrected chi connectivity index (χ4v) is 2.51. The number of aromatic nitrogens is 1. The molecule has 23 heavy (non-hydrogen) atoms. The van der Waals surface area contributed by atoms with Crippen LogP contribution in [0.1, 0.15) is 10.5 Å². The van der Waals surface area contributed by atoms with Crippen LogP contribution in [0.2, 0.25) is 5.02 Å². The molecule has 0 saturated carbocycles. The first-order chi connectivity index (χ1) is 11.1. The molecule has 2 aromatic carbocycles. The van der Waals surface area contributed by atoms with Crippen LogP contribution >= 0.6 is 11.6 Å². The number of carbonyl (C=O) groups excluding carboxylic acids is 1. The molecule has 1 aromatic heterocycles. The first kappa shape index (κ1) is 15.2. The van der Waals surface area contributed by atoms with Gasteiger partial charge in [0.15, 0.2) is 11.5 Å². The summed E-state index contributed by atoms with van der Waals surface area (Å²) in [7, 11) is 3.11. The maximum absolute atomic E-state index is 12.4. The molecule has 0 aliphatic rings. The van der Waals surface area contributed by atoms with Gasteiger partial charge in [0.1, 0.15) is 5.69 Å². The second-order valence-corrected chi connectivity index (χ2v) is 5.37. The fraction of sp³-hybridized carbons (Fsp3) is 0.118. The van der Waals surface area contributed by atoms with Gasteiger partial charge in [0.05, 0.1) is 14.2 Å². The Kier molecular flexibility index (Phi) is 4.12. The number of nitrogens with one attached hydrogen (secondary N) is 2. The lowest BCUT2D eigenvalue weighted by Crippen LogP contribution is -2.12. The van der Waals surface area contributed by atoms with Crippen molar-refractivity contribution in [2.24, 2.45) is 0 Å². The molecule has 1 heterocycles. The zero-order valence-electron chi connectivity index (χ0n) is 12.6. The number of amides is 1. The van der Waals surface area contributed by atoms with Gasteiger partial charge in [-0.2, -0.15) is 0 Å². The summed E-state index contributed by atoms with van der Waals surface area (Å²) >= 11 is 5.95. The quantitative estimate of drug-likeness (QED) is 0.757. The van der Waals surface area contributed by atoms with Crippen LogP contribution in [0.25, 0.3) is 10.9 Å². The number of H-pyrrole nitrogens is 1. The van der Waals surface area contributed by atoms with Crippen LogP contribution in [-0.2, 0) is 0 Å². The third-order valence-electron chi connectivity index (χ3n) is 3.47. The molecule has 6 heteroatoms. The van der Waals surface area contributed by atoms with Crippen molar-refractivity contribution >= 4 is 34.1 Å². The number of anilines is 1. The van der Waals surface area contributed by atoms with Crippen molar-refractivity contribution < 1.29 is 14.3 Å². The monoisotopic (exact) mass is 330 g/mol. The van der Waals surface area contributed by atoms with Gasteiger partial charge in [-0.1, -0.05) is 17.7 Å². The van der Waals surface area contributed by atoms with E-state index < -0.39 is 0 Å². The number of fused-ring (bicyclic) bond motifs is 1. The summed E-state index contributed by atoms with van der Waals surface area (Å²) in [4.78, 5) is 15.4. The molecule has 0 unspecified atom stereocenters. The summed E-state index contributed by atoms with van der Waals surface area (Å²) in [6.07, 6.45) is 0. The Hall–Kier alpha value is -2.66. The lowest BCUT2D eigenvalue weighted by molar-refractivity contribution is 0.102. The Labute approximate surface area is 138 Å². The number of carbonyl (C=O) groups is 1. The third kappa shape index (κ3) is 3.10. The van der Waals surface area contributed by atoms with Gasteiger partial charge >= 0.3 is 0 Å². The van der Waals surface area contributed by atoms with Crippen LogP contribution in [0.3, 0.4) is 0 Å². The van der Waals surface area contributed by atoms with E-state index in [4.69, 9.17) is 21.1 Å². The number of hydrogen-bond donors (Lipinski definition) is 2. The average Bonchev–Trinajstić information content (AvgIpc) is 2.97. The molecule has 0 radical (unpaired) electrons. The predicted molar refractivity (Wildman–Crippen MR) is 90.8 cm³/mol. The van der Waals surface area contributed by atoms with E-state index in [2.05, 4.69) is 10.3 Å². The van der Waals surface area contributed by atoms with Gasteiger partial charge in [0.2, 0.25) is 0 Å². The molecule has 3 rings (SSSR count). The number of methoxy groups -OCH3 is 2. The molecule has 0 spiro atoms. The molecular weight excluding hydrogens is 316 g/mol. The Bertz CT molecular complexity index is 873. The minimum absolute atomic E-state index is 0.246. The zero-order chi connectivity index (χ0) is 16.4. The number of aromatic amines is 1. The van der Waals surface area contributed by atoms with E-state index in [0.717, 1.165) is 10.9 Å². The molecule has 0 saturated heterocycles. The summed E-state index contributed by atoms with van der Waals surface area (Å²) in [6, 6.07) is 12.4. The van der Waals surface area contributed by atoms with Crippen molar-refractivity contribution in [2.75, 3.05) is 19.5 Å². The van der Waals surface area contributed by atoms with E-state index in [1.54, 1.807) is 50.6 Å². The van der Waals surface area contributed by atoms with Crippen molar-refractivity contribution in [1.29, 1.82) is 0 Å². The third-order valence-corrected chi connectivity index (χ3v) is 3.71. The lowest BCUT2D eigenvalue weighted by atomic mass is 10.2. The van der Waals surface area contributed by atoms with Crippen molar-refractivity contribution in [3.63, 3.8) is 0 Å². The van der Waals surface area contributed by atoms with Crippen molar-refractivity contribution in [3.05, 3.63) is 53.2 Å². The van der Waals surface area contributed by atoms with Crippen LogP contribution in [0, 0.1) is 0 Å². The molecule has 0 aliphatic carbocycles. The van der Waals surface area contributed by atoms with Crippen LogP contribution in [0.5, 0.6) is 11.5 Å². The Balaban J connectivity index is 1.85. The van der Waals surface area contributed by atoms with E-state index >= 15 is 0 Å². The number of halogens is 1. The maximum Gasteiger partial charge on any atom is 0.272 e. The first-order valence-corrected chi connectivity index (χ1v) is 7.30. The highest BCUT2D eigenvalue weighted by Crippen LogP contribution is 2.30. The fourth-order valence-electron chi connectivity index (χ4n) is 2.33. The Morgan fingerprint density at radius 3 is 2.57 bits per heavy atom. The molecule has 1 amide bonds. The summed E-state index contributed by atoms with van der Waals surface area (Å²) in [5, 5.41) is 4.36. The Morgan fingerprint density at radius 1 is 1.04 bits per heavy atom. The van der Waals surface area contributed by atoms with Gasteiger partial charge in [-0.05, 0) is 30.3 Å². The maximum atomic E-state index is 12.4. The number of benzene rings is 2. The highest BCUT2D eigenvalue weighted by Gasteiger charge is 2.12. The van der Waals surface area contributed by atoms with Crippen LogP contribution in [0.15, 0.2) is 42.5 Å². The normalized spacial score (nSPS) is 10.6. The molecular formula is C17H15ClN2O3. The van der Waals surface area contributed by atoms with E-state index in [1.807, 2.05) is 6.07 Å². The van der Waals surface area contributed by atoms with Gasteiger partial charge in [-0.25, -0.2) is 0 Å². The smallest absolute Gasteiger partial charge is 0.272 e. The van der Waals surface area contributed by atoms with Gasteiger partial charge in [0.25, 0.3) is 5.91 Å². The second kappa shape index (κ2) is 6.22. The van der Waals surface area contributed by atoms with Gasteiger partial charge < -0.3 is 19.8 Å². The SMILES string of the molecule is COc1ccc(NC(=O)c2cc3ccc(Cl)cc3[nH]2)cc1OC. The van der Waals surface area contributed by atoms with Crippen molar-refractivity contribution in [2.45, 2.75) is 0 Å². The van der Waals surface area contributed by atoms with Crippen LogP contribution in [-0.4, -0.2) is 25.1 Å². The van der Waals surface area contributed by atoms with E-state index in [9.17, 15) is 4.79 Å². The summed E-state index contributed by atoms with van der Waals surface area (Å²) in [6.45, 7) is 0. The average molecular weight is 331 g/mol. The highest BCUT2D eigenvalue weighted by molar-refractivity contribution is 6.31. The number of hydrogen-bond acceptors (Lipinski definition) is 3. The van der Waals surface area contributed by atoms with Crippen LogP contribution in [0.4, 0.5) is 5.69 Å². The lowest BCUT2D eigenvalue weighted by Gasteiger charge is -2.10. The molecule has 118 valence electrons. The van der Waals surface area contributed by atoms with E-state index in [-0.39, 0.29) is 5.91 Å². The molecule has 3 aromatic rings. The molecule has 0 atom stereocenters. The van der Waals surface area contributed by atoms with Crippen molar-refractivity contribution in [1.82, 2.24) is 4.98 Å².